The number of ether oxygens (including phenoxy) is 1. The lowest BCUT2D eigenvalue weighted by atomic mass is 9.99. The molecule has 0 aromatic rings. The minimum atomic E-state index is -0.828. The zero-order chi connectivity index (χ0) is 13.7. The number of carbonyl (C=O) groups excluding carboxylic acids is 1. The minimum Gasteiger partial charge on any atom is -0.481 e. The number of hydrogen-bond acceptors (Lipinski definition) is 3. The second-order valence-electron chi connectivity index (χ2n) is 4.96. The number of carboxylic acid groups (broad SMARTS) is 1. The predicted molar refractivity (Wildman–Crippen MR) is 66.3 cm³/mol. The smallest absolute Gasteiger partial charge is 0.317 e. The first-order valence-corrected chi connectivity index (χ1v) is 6.22. The fourth-order valence-electron chi connectivity index (χ4n) is 2.12. The fraction of sp³-hybridized carbons (Fsp3) is 0.833. The fourth-order valence-corrected chi connectivity index (χ4v) is 2.12. The SMILES string of the molecule is COCCC(C)NC(=O)N1C[C@@H](C)[C@H](C(=O)O)C1. The molecule has 2 amide bonds. The Labute approximate surface area is 107 Å². The lowest BCUT2D eigenvalue weighted by Gasteiger charge is -2.20. The molecule has 1 heterocycles. The van der Waals surface area contributed by atoms with Crippen LogP contribution in [-0.4, -0.2) is 54.9 Å². The molecule has 3 atom stereocenters. The van der Waals surface area contributed by atoms with Gasteiger partial charge in [0.05, 0.1) is 5.92 Å². The van der Waals surface area contributed by atoms with Gasteiger partial charge < -0.3 is 20.1 Å². The summed E-state index contributed by atoms with van der Waals surface area (Å²) in [4.78, 5) is 24.5. The highest BCUT2D eigenvalue weighted by Gasteiger charge is 2.37. The van der Waals surface area contributed by atoms with Crippen LogP contribution in [0.15, 0.2) is 0 Å². The zero-order valence-electron chi connectivity index (χ0n) is 11.2. The van der Waals surface area contributed by atoms with E-state index in [2.05, 4.69) is 5.32 Å². The monoisotopic (exact) mass is 258 g/mol. The van der Waals surface area contributed by atoms with Crippen LogP contribution in [0.5, 0.6) is 0 Å². The Hall–Kier alpha value is -1.30. The number of aliphatic carboxylic acids is 1. The number of carbonyl (C=O) groups is 2. The van der Waals surface area contributed by atoms with E-state index in [1.807, 2.05) is 13.8 Å². The first-order chi connectivity index (χ1) is 8.45. The summed E-state index contributed by atoms with van der Waals surface area (Å²) in [6.45, 7) is 5.15. The van der Waals surface area contributed by atoms with Gasteiger partial charge in [-0.3, -0.25) is 4.79 Å². The first kappa shape index (κ1) is 14.8. The number of likely N-dealkylation sites (tertiary alicyclic amines) is 1. The summed E-state index contributed by atoms with van der Waals surface area (Å²) in [5.41, 5.74) is 0. The third-order valence-corrected chi connectivity index (χ3v) is 3.34. The highest BCUT2D eigenvalue weighted by atomic mass is 16.5. The molecular formula is C12H22N2O4. The van der Waals surface area contributed by atoms with E-state index in [4.69, 9.17) is 9.84 Å². The van der Waals surface area contributed by atoms with Gasteiger partial charge in [0.2, 0.25) is 0 Å². The Kier molecular flexibility index (Phi) is 5.40. The molecule has 0 aliphatic carbocycles. The average molecular weight is 258 g/mol. The Balaban J connectivity index is 2.42. The van der Waals surface area contributed by atoms with Gasteiger partial charge in [-0.2, -0.15) is 0 Å². The van der Waals surface area contributed by atoms with Crippen LogP contribution in [0.25, 0.3) is 0 Å². The molecule has 1 aliphatic heterocycles. The van der Waals surface area contributed by atoms with Crippen molar-refractivity contribution in [2.45, 2.75) is 26.3 Å². The molecule has 1 saturated heterocycles. The second-order valence-corrected chi connectivity index (χ2v) is 4.96. The van der Waals surface area contributed by atoms with E-state index < -0.39 is 11.9 Å². The lowest BCUT2D eigenvalue weighted by Crippen LogP contribution is -2.43. The maximum Gasteiger partial charge on any atom is 0.317 e. The van der Waals surface area contributed by atoms with Gasteiger partial charge >= 0.3 is 12.0 Å². The van der Waals surface area contributed by atoms with Crippen molar-refractivity contribution in [2.24, 2.45) is 11.8 Å². The number of urea groups is 1. The van der Waals surface area contributed by atoms with Crippen LogP contribution in [0.2, 0.25) is 0 Å². The van der Waals surface area contributed by atoms with Crippen LogP contribution >= 0.6 is 0 Å². The van der Waals surface area contributed by atoms with E-state index in [1.54, 1.807) is 12.0 Å². The van der Waals surface area contributed by atoms with E-state index in [1.165, 1.54) is 0 Å². The number of hydrogen-bond donors (Lipinski definition) is 2. The Morgan fingerprint density at radius 1 is 1.50 bits per heavy atom. The highest BCUT2D eigenvalue weighted by molar-refractivity contribution is 5.77. The Bertz CT molecular complexity index is 308. The van der Waals surface area contributed by atoms with Gasteiger partial charge in [0.25, 0.3) is 0 Å². The molecule has 0 aromatic carbocycles. The molecule has 104 valence electrons. The summed E-state index contributed by atoms with van der Waals surface area (Å²) in [5, 5.41) is 11.9. The van der Waals surface area contributed by atoms with Crippen molar-refractivity contribution in [1.82, 2.24) is 10.2 Å². The second kappa shape index (κ2) is 6.58. The van der Waals surface area contributed by atoms with E-state index >= 15 is 0 Å². The first-order valence-electron chi connectivity index (χ1n) is 6.22. The molecule has 0 saturated carbocycles. The quantitative estimate of drug-likeness (QED) is 0.763. The van der Waals surface area contributed by atoms with Crippen molar-refractivity contribution in [2.75, 3.05) is 26.8 Å². The molecule has 1 rings (SSSR count). The van der Waals surface area contributed by atoms with Crippen molar-refractivity contribution in [3.8, 4) is 0 Å². The van der Waals surface area contributed by atoms with Gasteiger partial charge in [-0.05, 0) is 19.3 Å². The molecular weight excluding hydrogens is 236 g/mol. The summed E-state index contributed by atoms with van der Waals surface area (Å²) in [6, 6.07) is -0.161. The van der Waals surface area contributed by atoms with Gasteiger partial charge in [-0.1, -0.05) is 6.92 Å². The van der Waals surface area contributed by atoms with Gasteiger partial charge in [0, 0.05) is 32.8 Å². The molecule has 6 heteroatoms. The van der Waals surface area contributed by atoms with Crippen LogP contribution in [0.3, 0.4) is 0 Å². The maximum atomic E-state index is 11.9. The molecule has 18 heavy (non-hydrogen) atoms. The van der Waals surface area contributed by atoms with Crippen molar-refractivity contribution in [1.29, 1.82) is 0 Å². The van der Waals surface area contributed by atoms with E-state index in [0.29, 0.717) is 19.7 Å². The Morgan fingerprint density at radius 3 is 2.67 bits per heavy atom. The summed E-state index contributed by atoms with van der Waals surface area (Å²) in [6.07, 6.45) is 0.744. The number of rotatable bonds is 5. The van der Waals surface area contributed by atoms with Crippen LogP contribution in [-0.2, 0) is 9.53 Å². The van der Waals surface area contributed by atoms with Gasteiger partial charge in [0.1, 0.15) is 0 Å². The number of amides is 2. The Morgan fingerprint density at radius 2 is 2.17 bits per heavy atom. The number of nitrogens with one attached hydrogen (secondary N) is 1. The van der Waals surface area contributed by atoms with Crippen LogP contribution in [0, 0.1) is 11.8 Å². The van der Waals surface area contributed by atoms with Crippen molar-refractivity contribution >= 4 is 12.0 Å². The number of carboxylic acids is 1. The highest BCUT2D eigenvalue weighted by Crippen LogP contribution is 2.23. The molecule has 2 N–H and O–H groups in total. The van der Waals surface area contributed by atoms with E-state index in [-0.39, 0.29) is 18.0 Å². The summed E-state index contributed by atoms with van der Waals surface area (Å²) < 4.78 is 4.94. The van der Waals surface area contributed by atoms with E-state index in [0.717, 1.165) is 6.42 Å². The largest absolute Gasteiger partial charge is 0.481 e. The molecule has 1 aliphatic rings. The van der Waals surface area contributed by atoms with Crippen LogP contribution < -0.4 is 5.32 Å². The molecule has 6 nitrogen and oxygen atoms in total. The van der Waals surface area contributed by atoms with Crippen LogP contribution in [0.1, 0.15) is 20.3 Å². The molecule has 1 unspecified atom stereocenters. The topological polar surface area (TPSA) is 78.9 Å². The average Bonchev–Trinajstić information content (AvgIpc) is 2.68. The van der Waals surface area contributed by atoms with Gasteiger partial charge in [-0.25, -0.2) is 4.79 Å². The maximum absolute atomic E-state index is 11.9. The number of methoxy groups -OCH3 is 1. The van der Waals surface area contributed by atoms with Gasteiger partial charge in [0.15, 0.2) is 0 Å². The van der Waals surface area contributed by atoms with Crippen molar-refractivity contribution in [3.05, 3.63) is 0 Å². The predicted octanol–water partition coefficient (Wildman–Crippen LogP) is 0.773. The molecule has 0 spiro atoms. The van der Waals surface area contributed by atoms with Crippen molar-refractivity contribution < 1.29 is 19.4 Å². The normalized spacial score (nSPS) is 24.9. The molecule has 0 bridgehead atoms. The summed E-state index contributed by atoms with van der Waals surface area (Å²) >= 11 is 0. The van der Waals surface area contributed by atoms with E-state index in [9.17, 15) is 9.59 Å². The number of nitrogens with zero attached hydrogens (tertiary/aromatic N) is 1. The van der Waals surface area contributed by atoms with Crippen molar-refractivity contribution in [3.63, 3.8) is 0 Å². The zero-order valence-corrected chi connectivity index (χ0v) is 11.2. The molecule has 1 fully saturated rings. The lowest BCUT2D eigenvalue weighted by molar-refractivity contribution is -0.142. The summed E-state index contributed by atoms with van der Waals surface area (Å²) in [7, 11) is 1.62. The third kappa shape index (κ3) is 3.87. The third-order valence-electron chi connectivity index (χ3n) is 3.34. The minimum absolute atomic E-state index is 0.00234. The molecule has 0 aromatic heterocycles. The van der Waals surface area contributed by atoms with Crippen LogP contribution in [0.4, 0.5) is 4.79 Å². The summed E-state index contributed by atoms with van der Waals surface area (Å²) in [5.74, 6) is -1.28. The standard InChI is InChI=1S/C12H22N2O4/c1-8-6-14(7-10(8)11(15)16)12(17)13-9(2)4-5-18-3/h8-10H,4-7H2,1-3H3,(H,13,17)(H,15,16)/t8-,9?,10-/m1/s1. The van der Waals surface area contributed by atoms with Gasteiger partial charge in [-0.15, -0.1) is 0 Å². The molecule has 0 radical (unpaired) electrons.